The van der Waals surface area contributed by atoms with Crippen molar-refractivity contribution in [2.45, 2.75) is 31.9 Å². The van der Waals surface area contributed by atoms with Gasteiger partial charge in [0, 0.05) is 38.8 Å². The lowest BCUT2D eigenvalue weighted by atomic mass is 10.2. The Morgan fingerprint density at radius 2 is 2.00 bits per heavy atom. The Balaban J connectivity index is 1.73. The van der Waals surface area contributed by atoms with Crippen LogP contribution in [0.5, 0.6) is 0 Å². The van der Waals surface area contributed by atoms with Gasteiger partial charge in [-0.3, -0.25) is 4.90 Å². The average molecular weight is 319 g/mol. The highest BCUT2D eigenvalue weighted by Gasteiger charge is 2.31. The molecular formula is C13H25N3O4S. The number of aliphatic hydroxyl groups excluding tert-OH is 1. The molecule has 0 spiro atoms. The summed E-state index contributed by atoms with van der Waals surface area (Å²) in [7, 11) is -2.97. The Labute approximate surface area is 126 Å². The first kappa shape index (κ1) is 16.5. The molecule has 122 valence electrons. The highest BCUT2D eigenvalue weighted by Crippen LogP contribution is 2.12. The van der Waals surface area contributed by atoms with Gasteiger partial charge in [-0.15, -0.1) is 0 Å². The summed E-state index contributed by atoms with van der Waals surface area (Å²) < 4.78 is 22.8. The number of hydrogen-bond acceptors (Lipinski definition) is 5. The van der Waals surface area contributed by atoms with Gasteiger partial charge in [0.05, 0.1) is 17.6 Å². The third kappa shape index (κ3) is 4.82. The highest BCUT2D eigenvalue weighted by molar-refractivity contribution is 7.91. The van der Waals surface area contributed by atoms with Gasteiger partial charge in [-0.25, -0.2) is 13.2 Å². The van der Waals surface area contributed by atoms with Crippen molar-refractivity contribution in [3.05, 3.63) is 0 Å². The predicted molar refractivity (Wildman–Crippen MR) is 79.9 cm³/mol. The number of sulfone groups is 1. The molecule has 7 nitrogen and oxygen atoms in total. The Kier molecular flexibility index (Phi) is 5.45. The molecule has 8 heteroatoms. The number of carbonyl (C=O) groups is 1. The smallest absolute Gasteiger partial charge is 0.317 e. The fourth-order valence-corrected chi connectivity index (χ4v) is 4.41. The number of amides is 2. The Morgan fingerprint density at radius 3 is 2.52 bits per heavy atom. The number of urea groups is 1. The second-order valence-electron chi connectivity index (χ2n) is 5.90. The lowest BCUT2D eigenvalue weighted by Gasteiger charge is -2.35. The van der Waals surface area contributed by atoms with Crippen LogP contribution in [0.15, 0.2) is 0 Å². The van der Waals surface area contributed by atoms with Crippen molar-refractivity contribution in [2.75, 3.05) is 44.2 Å². The molecule has 0 aromatic rings. The van der Waals surface area contributed by atoms with E-state index in [0.29, 0.717) is 26.1 Å². The summed E-state index contributed by atoms with van der Waals surface area (Å²) in [5.74, 6) is 0.224. The zero-order chi connectivity index (χ0) is 15.5. The van der Waals surface area contributed by atoms with Gasteiger partial charge in [-0.1, -0.05) is 6.92 Å². The zero-order valence-electron chi connectivity index (χ0n) is 12.5. The first-order chi connectivity index (χ1) is 9.89. The van der Waals surface area contributed by atoms with Crippen LogP contribution >= 0.6 is 0 Å². The second kappa shape index (κ2) is 6.93. The minimum Gasteiger partial charge on any atom is -0.392 e. The molecule has 0 unspecified atom stereocenters. The van der Waals surface area contributed by atoms with E-state index in [1.165, 1.54) is 0 Å². The lowest BCUT2D eigenvalue weighted by molar-refractivity contribution is 0.0788. The van der Waals surface area contributed by atoms with Gasteiger partial charge >= 0.3 is 6.03 Å². The molecule has 2 aliphatic heterocycles. The molecule has 0 bridgehead atoms. The molecule has 0 aromatic carbocycles. The van der Waals surface area contributed by atoms with Gasteiger partial charge in [0.1, 0.15) is 0 Å². The molecule has 21 heavy (non-hydrogen) atoms. The maximum atomic E-state index is 12.1. The van der Waals surface area contributed by atoms with Gasteiger partial charge in [-0.2, -0.15) is 0 Å². The van der Waals surface area contributed by atoms with Crippen LogP contribution in [0.25, 0.3) is 0 Å². The van der Waals surface area contributed by atoms with E-state index in [2.05, 4.69) is 10.2 Å². The van der Waals surface area contributed by atoms with Crippen molar-refractivity contribution in [1.82, 2.24) is 15.1 Å². The predicted octanol–water partition coefficient (Wildman–Crippen LogP) is -0.728. The number of piperazine rings is 1. The van der Waals surface area contributed by atoms with Gasteiger partial charge in [0.25, 0.3) is 0 Å². The maximum Gasteiger partial charge on any atom is 0.317 e. The Morgan fingerprint density at radius 1 is 1.33 bits per heavy atom. The van der Waals surface area contributed by atoms with Gasteiger partial charge in [0.15, 0.2) is 9.84 Å². The van der Waals surface area contributed by atoms with Crippen LogP contribution in [0.2, 0.25) is 0 Å². The van der Waals surface area contributed by atoms with Crippen molar-refractivity contribution < 1.29 is 18.3 Å². The van der Waals surface area contributed by atoms with E-state index in [9.17, 15) is 18.3 Å². The van der Waals surface area contributed by atoms with Crippen molar-refractivity contribution in [3.63, 3.8) is 0 Å². The van der Waals surface area contributed by atoms with Crippen molar-refractivity contribution in [1.29, 1.82) is 0 Å². The fourth-order valence-electron chi connectivity index (χ4n) is 2.74. The monoisotopic (exact) mass is 319 g/mol. The summed E-state index contributed by atoms with van der Waals surface area (Å²) in [5, 5.41) is 12.4. The van der Waals surface area contributed by atoms with Crippen molar-refractivity contribution >= 4 is 15.9 Å². The standard InChI is InChI=1S/C13H25N3O4S/c1-2-12(17)9-15-4-6-16(7-5-15)13(18)14-11-3-8-21(19,20)10-11/h11-12,17H,2-10H2,1H3,(H,14,18)/t11-,12-/m0/s1. The fraction of sp³-hybridized carbons (Fsp3) is 0.923. The number of rotatable bonds is 4. The van der Waals surface area contributed by atoms with E-state index in [1.807, 2.05) is 6.92 Å². The topological polar surface area (TPSA) is 89.9 Å². The maximum absolute atomic E-state index is 12.1. The molecule has 2 atom stereocenters. The molecule has 2 heterocycles. The van der Waals surface area contributed by atoms with Crippen LogP contribution < -0.4 is 5.32 Å². The summed E-state index contributed by atoms with van der Waals surface area (Å²) >= 11 is 0. The van der Waals surface area contributed by atoms with Crippen LogP contribution in [0.3, 0.4) is 0 Å². The Hall–Kier alpha value is -0.860. The number of hydrogen-bond donors (Lipinski definition) is 2. The number of aliphatic hydroxyl groups is 1. The Bertz CT molecular complexity index is 460. The molecule has 2 saturated heterocycles. The number of nitrogens with one attached hydrogen (secondary N) is 1. The molecule has 0 aromatic heterocycles. The zero-order valence-corrected chi connectivity index (χ0v) is 13.3. The third-order valence-corrected chi connectivity index (χ3v) is 5.93. The van der Waals surface area contributed by atoms with E-state index in [1.54, 1.807) is 4.90 Å². The molecule has 2 aliphatic rings. The summed E-state index contributed by atoms with van der Waals surface area (Å²) in [6.45, 7) is 5.31. The molecule has 2 N–H and O–H groups in total. The van der Waals surface area contributed by atoms with E-state index >= 15 is 0 Å². The average Bonchev–Trinajstić information content (AvgIpc) is 2.78. The third-order valence-electron chi connectivity index (χ3n) is 4.16. The molecule has 0 radical (unpaired) electrons. The number of carbonyl (C=O) groups excluding carboxylic acids is 1. The van der Waals surface area contributed by atoms with E-state index in [4.69, 9.17) is 0 Å². The number of nitrogens with zero attached hydrogens (tertiary/aromatic N) is 2. The van der Waals surface area contributed by atoms with Crippen LogP contribution in [0.1, 0.15) is 19.8 Å². The van der Waals surface area contributed by atoms with E-state index < -0.39 is 9.84 Å². The normalized spacial score (nSPS) is 27.5. The van der Waals surface area contributed by atoms with Gasteiger partial charge in [0.2, 0.25) is 0 Å². The lowest BCUT2D eigenvalue weighted by Crippen LogP contribution is -2.54. The summed E-state index contributed by atoms with van der Waals surface area (Å²) in [4.78, 5) is 16.0. The molecular weight excluding hydrogens is 294 g/mol. The SMILES string of the molecule is CC[C@H](O)CN1CCN(C(=O)N[C@H]2CCS(=O)(=O)C2)CC1. The second-order valence-corrected chi connectivity index (χ2v) is 8.13. The van der Waals surface area contributed by atoms with Crippen molar-refractivity contribution in [2.24, 2.45) is 0 Å². The highest BCUT2D eigenvalue weighted by atomic mass is 32.2. The summed E-state index contributed by atoms with van der Waals surface area (Å²) in [6, 6.07) is -0.421. The minimum absolute atomic E-state index is 0.0569. The molecule has 2 amide bonds. The van der Waals surface area contributed by atoms with Crippen LogP contribution in [0.4, 0.5) is 4.79 Å². The number of β-amino-alcohol motifs (C(OH)–C–C–N with tert-alkyl or cyclic N) is 1. The summed E-state index contributed by atoms with van der Waals surface area (Å²) in [6.07, 6.45) is 0.933. The van der Waals surface area contributed by atoms with Gasteiger partial charge < -0.3 is 15.3 Å². The van der Waals surface area contributed by atoms with Crippen molar-refractivity contribution in [3.8, 4) is 0 Å². The van der Waals surface area contributed by atoms with Crippen LogP contribution in [-0.4, -0.2) is 85.7 Å². The minimum atomic E-state index is -2.97. The first-order valence-corrected chi connectivity index (χ1v) is 9.38. The van der Waals surface area contributed by atoms with Crippen LogP contribution in [0, 0.1) is 0 Å². The quantitative estimate of drug-likeness (QED) is 0.713. The first-order valence-electron chi connectivity index (χ1n) is 7.56. The molecule has 0 saturated carbocycles. The van der Waals surface area contributed by atoms with E-state index in [0.717, 1.165) is 19.5 Å². The molecule has 0 aliphatic carbocycles. The molecule has 2 rings (SSSR count). The largest absolute Gasteiger partial charge is 0.392 e. The summed E-state index contributed by atoms with van der Waals surface area (Å²) in [5.41, 5.74) is 0. The van der Waals surface area contributed by atoms with E-state index in [-0.39, 0.29) is 29.7 Å². The van der Waals surface area contributed by atoms with Crippen LogP contribution in [-0.2, 0) is 9.84 Å². The van der Waals surface area contributed by atoms with Gasteiger partial charge in [-0.05, 0) is 12.8 Å². The molecule has 2 fully saturated rings.